The van der Waals surface area contributed by atoms with Crippen molar-refractivity contribution in [1.82, 2.24) is 0 Å². The van der Waals surface area contributed by atoms with Crippen LogP contribution in [-0.2, 0) is 0 Å². The number of rotatable bonds is 43. The Bertz CT molecular complexity index is 810. The van der Waals surface area contributed by atoms with E-state index < -0.39 is 0 Å². The van der Waals surface area contributed by atoms with Gasteiger partial charge >= 0.3 is 0 Å². The summed E-state index contributed by atoms with van der Waals surface area (Å²) >= 11 is 0. The Morgan fingerprint density at radius 2 is 0.464 bits per heavy atom. The topological polar surface area (TPSA) is 0 Å². The number of hydrogen-bond donors (Lipinski definition) is 0. The molecule has 0 saturated carbocycles. The molecule has 2 unspecified atom stereocenters. The summed E-state index contributed by atoms with van der Waals surface area (Å²) in [4.78, 5) is 0. The number of allylic oxidation sites excluding steroid dienone is 4. The minimum Gasteiger partial charge on any atom is -0.331 e. The molecule has 0 saturated heterocycles. The van der Waals surface area contributed by atoms with Crippen LogP contribution >= 0.6 is 0 Å². The molecule has 0 aromatic carbocycles. The molecule has 0 aliphatic heterocycles. The second-order valence-corrected chi connectivity index (χ2v) is 21.2. The van der Waals surface area contributed by atoms with Gasteiger partial charge in [0.15, 0.2) is 0 Å². The van der Waals surface area contributed by atoms with Gasteiger partial charge in [-0.25, -0.2) is 0 Å². The van der Waals surface area contributed by atoms with Gasteiger partial charge in [-0.1, -0.05) is 141 Å². The van der Waals surface area contributed by atoms with E-state index in [1.807, 2.05) is 0 Å². The predicted molar refractivity (Wildman–Crippen MR) is 256 cm³/mol. The van der Waals surface area contributed by atoms with Crippen LogP contribution in [0.15, 0.2) is 24.3 Å². The van der Waals surface area contributed by atoms with Crippen molar-refractivity contribution in [2.24, 2.45) is 0 Å². The molecular formula is C52H110N4+4. The van der Waals surface area contributed by atoms with Gasteiger partial charge in [0.1, 0.15) is 13.1 Å². The third-order valence-electron chi connectivity index (χ3n) is 12.7. The largest absolute Gasteiger partial charge is 0.331 e. The maximum absolute atomic E-state index is 2.62. The Morgan fingerprint density at radius 1 is 0.232 bits per heavy atom. The number of unbranched alkanes of at least 4 members (excludes halogenated alkanes) is 24. The van der Waals surface area contributed by atoms with Gasteiger partial charge in [-0.05, 0) is 77.0 Å². The molecule has 0 amide bonds. The van der Waals surface area contributed by atoms with Crippen molar-refractivity contribution < 1.29 is 17.9 Å². The molecule has 0 fully saturated rings. The van der Waals surface area contributed by atoms with Gasteiger partial charge in [0.25, 0.3) is 0 Å². The smallest absolute Gasteiger partial charge is 0.128 e. The summed E-state index contributed by atoms with van der Waals surface area (Å²) < 4.78 is 4.73. The van der Waals surface area contributed by atoms with E-state index in [1.165, 1.54) is 254 Å². The zero-order chi connectivity index (χ0) is 41.7. The fourth-order valence-electron chi connectivity index (χ4n) is 8.49. The van der Waals surface area contributed by atoms with E-state index in [2.05, 4.69) is 94.5 Å². The van der Waals surface area contributed by atoms with Crippen molar-refractivity contribution in [2.75, 3.05) is 109 Å². The minimum absolute atomic E-state index is 1.09. The van der Waals surface area contributed by atoms with Gasteiger partial charge in [-0.15, -0.1) is 0 Å². The van der Waals surface area contributed by atoms with Crippen molar-refractivity contribution in [2.45, 2.75) is 206 Å². The summed E-state index contributed by atoms with van der Waals surface area (Å²) in [5, 5.41) is 0. The molecule has 0 aliphatic carbocycles. The van der Waals surface area contributed by atoms with E-state index in [9.17, 15) is 0 Å². The first-order valence-electron chi connectivity index (χ1n) is 25.3. The van der Waals surface area contributed by atoms with Gasteiger partial charge in [-0.3, -0.25) is 0 Å². The molecule has 0 rings (SSSR count). The Kier molecular flexibility index (Phi) is 35.8. The van der Waals surface area contributed by atoms with E-state index in [0.717, 1.165) is 8.97 Å². The number of hydrogen-bond acceptors (Lipinski definition) is 0. The average molecular weight is 791 g/mol. The van der Waals surface area contributed by atoms with Crippen molar-refractivity contribution in [3.8, 4) is 0 Å². The van der Waals surface area contributed by atoms with Gasteiger partial charge in [0.2, 0.25) is 0 Å². The monoisotopic (exact) mass is 791 g/mol. The number of quaternary nitrogens is 4. The lowest BCUT2D eigenvalue weighted by molar-refractivity contribution is -0.967. The molecule has 0 spiro atoms. The summed E-state index contributed by atoms with van der Waals surface area (Å²) in [6.45, 7) is 15.3. The van der Waals surface area contributed by atoms with Gasteiger partial charge < -0.3 is 17.9 Å². The lowest BCUT2D eigenvalue weighted by Crippen LogP contribution is -2.56. The summed E-state index contributed by atoms with van der Waals surface area (Å²) in [5.41, 5.74) is 0. The van der Waals surface area contributed by atoms with Crippen molar-refractivity contribution in [3.63, 3.8) is 0 Å². The SMILES string of the molecule is CCCCCCCC/C=C/CCCCCCCC[N+](C)(CCC[N+](C)(C)C)CC[N+](C)(CCCCCCCC/C=C/CCCCCCCC)CCC[N+](C)(C)C. The summed E-state index contributed by atoms with van der Waals surface area (Å²) in [5.74, 6) is 0. The quantitative estimate of drug-likeness (QED) is 0.0328. The Labute approximate surface area is 356 Å². The molecular weight excluding hydrogens is 681 g/mol. The molecule has 0 bridgehead atoms. The van der Waals surface area contributed by atoms with Gasteiger partial charge in [0, 0.05) is 12.8 Å². The van der Waals surface area contributed by atoms with E-state index >= 15 is 0 Å². The molecule has 0 aliphatic rings. The first-order chi connectivity index (χ1) is 26.7. The molecule has 4 heteroatoms. The molecule has 4 nitrogen and oxygen atoms in total. The van der Waals surface area contributed by atoms with Crippen molar-refractivity contribution in [3.05, 3.63) is 24.3 Å². The third-order valence-corrected chi connectivity index (χ3v) is 12.7. The molecule has 0 heterocycles. The highest BCUT2D eigenvalue weighted by atomic mass is 15.4. The van der Waals surface area contributed by atoms with E-state index in [0.29, 0.717) is 0 Å². The fraction of sp³-hybridized carbons (Fsp3) is 0.923. The molecule has 0 aromatic rings. The van der Waals surface area contributed by atoms with Crippen LogP contribution in [0.1, 0.15) is 206 Å². The van der Waals surface area contributed by atoms with Crippen molar-refractivity contribution >= 4 is 0 Å². The lowest BCUT2D eigenvalue weighted by Gasteiger charge is -2.41. The maximum Gasteiger partial charge on any atom is 0.128 e. The third kappa shape index (κ3) is 40.1. The van der Waals surface area contributed by atoms with Crippen LogP contribution < -0.4 is 0 Å². The van der Waals surface area contributed by atoms with Gasteiger partial charge in [-0.2, -0.15) is 0 Å². The summed E-state index contributed by atoms with van der Waals surface area (Å²) in [6.07, 6.45) is 51.6. The first-order valence-corrected chi connectivity index (χ1v) is 25.3. The molecule has 334 valence electrons. The fourth-order valence-corrected chi connectivity index (χ4v) is 8.49. The highest BCUT2D eigenvalue weighted by Gasteiger charge is 2.29. The Hall–Kier alpha value is -0.680. The van der Waals surface area contributed by atoms with Crippen LogP contribution in [0.5, 0.6) is 0 Å². The summed E-state index contributed by atoms with van der Waals surface area (Å²) in [6, 6.07) is 0. The van der Waals surface area contributed by atoms with Gasteiger partial charge in [0.05, 0.1) is 95.6 Å². The van der Waals surface area contributed by atoms with Crippen LogP contribution in [0.3, 0.4) is 0 Å². The lowest BCUT2D eigenvalue weighted by atomic mass is 10.1. The van der Waals surface area contributed by atoms with E-state index in [-0.39, 0.29) is 0 Å². The second kappa shape index (κ2) is 36.2. The van der Waals surface area contributed by atoms with Crippen LogP contribution in [0.2, 0.25) is 0 Å². The van der Waals surface area contributed by atoms with Crippen LogP contribution in [0.4, 0.5) is 0 Å². The van der Waals surface area contributed by atoms with E-state index in [4.69, 9.17) is 0 Å². The predicted octanol–water partition coefficient (Wildman–Crippen LogP) is 14.1. The maximum atomic E-state index is 2.62. The molecule has 0 radical (unpaired) electrons. The molecule has 0 aromatic heterocycles. The normalized spacial score (nSPS) is 15.0. The molecule has 56 heavy (non-hydrogen) atoms. The zero-order valence-corrected chi connectivity index (χ0v) is 41.0. The van der Waals surface area contributed by atoms with Crippen LogP contribution in [0.25, 0.3) is 0 Å². The zero-order valence-electron chi connectivity index (χ0n) is 41.0. The first kappa shape index (κ1) is 55.3. The standard InChI is InChI=1S/C52H110N4/c1-11-13-15-17-19-21-23-25-27-29-31-33-35-37-39-41-47-55(9,49-43-45-53(3,4)5)51-52-56(10,50-44-46-54(6,7)8)48-42-40-38-36-34-32-30-28-26-24-22-20-18-16-14-12-2/h25-28H,11-24,29-52H2,1-10H3/q+4/b27-25+,28-26+. The number of nitrogens with zero attached hydrogens (tertiary/aromatic N) is 4. The summed E-state index contributed by atoms with van der Waals surface area (Å²) in [7, 11) is 19.4. The van der Waals surface area contributed by atoms with Crippen molar-refractivity contribution in [1.29, 1.82) is 0 Å². The Morgan fingerprint density at radius 3 is 0.732 bits per heavy atom. The molecule has 2 atom stereocenters. The average Bonchev–Trinajstić information content (AvgIpc) is 3.13. The Balaban J connectivity index is 4.71. The number of likely N-dealkylation sites (N-methyl/N-ethyl adjacent to an activating group) is 2. The highest BCUT2D eigenvalue weighted by Crippen LogP contribution is 2.18. The highest BCUT2D eigenvalue weighted by molar-refractivity contribution is 4.82. The minimum atomic E-state index is 1.09. The van der Waals surface area contributed by atoms with Crippen LogP contribution in [0, 0.1) is 0 Å². The van der Waals surface area contributed by atoms with E-state index in [1.54, 1.807) is 0 Å². The molecule has 0 N–H and O–H groups in total. The van der Waals surface area contributed by atoms with Crippen LogP contribution in [-0.4, -0.2) is 127 Å². The second-order valence-electron chi connectivity index (χ2n) is 21.2.